The van der Waals surface area contributed by atoms with Crippen molar-refractivity contribution in [1.82, 2.24) is 9.62 Å². The average Bonchev–Trinajstić information content (AvgIpc) is 3.09. The van der Waals surface area contributed by atoms with Gasteiger partial charge < -0.3 is 9.64 Å². The van der Waals surface area contributed by atoms with Gasteiger partial charge in [-0.15, -0.1) is 0 Å². The van der Waals surface area contributed by atoms with Crippen LogP contribution >= 0.6 is 0 Å². The minimum Gasteiger partial charge on any atom is -0.468 e. The largest absolute Gasteiger partial charge is 0.468 e. The number of rotatable bonds is 7. The highest BCUT2D eigenvalue weighted by molar-refractivity contribution is 7.91. The first kappa shape index (κ1) is 17.9. The van der Waals surface area contributed by atoms with Crippen molar-refractivity contribution < 1.29 is 17.9 Å². The summed E-state index contributed by atoms with van der Waals surface area (Å²) in [6.07, 6.45) is 2.37. The number of carbonyl (C=O) groups excluding carboxylic acids is 1. The van der Waals surface area contributed by atoms with Crippen LogP contribution in [-0.2, 0) is 24.3 Å². The smallest absolute Gasteiger partial charge is 0.333 e. The molecule has 1 aromatic rings. The molecule has 1 fully saturated rings. The number of benzene rings is 1. The number of methoxy groups -OCH3 is 1. The SMILES string of the molecule is CNS(=O)(=O)C(CCN1CCCC1)(C(=O)OC)c1ccccc1. The molecule has 0 amide bonds. The minimum atomic E-state index is -3.93. The zero-order valence-corrected chi connectivity index (χ0v) is 14.4. The first-order chi connectivity index (χ1) is 11.0. The molecule has 0 bridgehead atoms. The highest BCUT2D eigenvalue weighted by atomic mass is 32.2. The third-order valence-corrected chi connectivity index (χ3v) is 6.52. The van der Waals surface area contributed by atoms with Crippen LogP contribution in [0.2, 0.25) is 0 Å². The van der Waals surface area contributed by atoms with E-state index in [4.69, 9.17) is 4.74 Å². The van der Waals surface area contributed by atoms with Gasteiger partial charge in [-0.1, -0.05) is 30.3 Å². The minimum absolute atomic E-state index is 0.160. The van der Waals surface area contributed by atoms with E-state index in [1.807, 2.05) is 0 Å². The molecule has 1 heterocycles. The van der Waals surface area contributed by atoms with E-state index in [-0.39, 0.29) is 6.42 Å². The van der Waals surface area contributed by atoms with Gasteiger partial charge in [-0.2, -0.15) is 0 Å². The Morgan fingerprint density at radius 2 is 1.87 bits per heavy atom. The Hall–Kier alpha value is -1.44. The quantitative estimate of drug-likeness (QED) is 0.752. The van der Waals surface area contributed by atoms with Crippen LogP contribution in [0.4, 0.5) is 0 Å². The third-order valence-electron chi connectivity index (χ3n) is 4.46. The topological polar surface area (TPSA) is 75.7 Å². The highest BCUT2D eigenvalue weighted by Crippen LogP contribution is 2.35. The van der Waals surface area contributed by atoms with Crippen LogP contribution in [0.25, 0.3) is 0 Å². The second kappa shape index (κ2) is 7.42. The maximum atomic E-state index is 12.8. The zero-order valence-electron chi connectivity index (χ0n) is 13.6. The third kappa shape index (κ3) is 3.41. The van der Waals surface area contributed by atoms with E-state index in [0.717, 1.165) is 25.9 Å². The Balaban J connectivity index is 2.47. The van der Waals surface area contributed by atoms with Crippen molar-refractivity contribution in [2.24, 2.45) is 0 Å². The van der Waals surface area contributed by atoms with Crippen molar-refractivity contribution in [3.63, 3.8) is 0 Å². The molecule has 23 heavy (non-hydrogen) atoms. The van der Waals surface area contributed by atoms with E-state index in [0.29, 0.717) is 12.1 Å². The van der Waals surface area contributed by atoms with Crippen molar-refractivity contribution >= 4 is 16.0 Å². The predicted octanol–water partition coefficient (Wildman–Crippen LogP) is 1.09. The van der Waals surface area contributed by atoms with Gasteiger partial charge in [0.2, 0.25) is 14.8 Å². The standard InChI is InChI=1S/C16H24N2O4S/c1-17-23(20,21)16(15(19)22-2,14-8-4-3-5-9-14)10-13-18-11-6-7-12-18/h3-5,8-9,17H,6-7,10-13H2,1-2H3. The molecule has 1 N–H and O–H groups in total. The van der Waals surface area contributed by atoms with E-state index < -0.39 is 20.7 Å². The lowest BCUT2D eigenvalue weighted by molar-refractivity contribution is -0.144. The molecule has 0 saturated carbocycles. The van der Waals surface area contributed by atoms with E-state index in [2.05, 4.69) is 9.62 Å². The molecule has 6 nitrogen and oxygen atoms in total. The van der Waals surface area contributed by atoms with Gasteiger partial charge in [0.1, 0.15) is 0 Å². The van der Waals surface area contributed by atoms with Crippen LogP contribution in [0.15, 0.2) is 30.3 Å². The molecule has 1 aliphatic rings. The Labute approximate surface area is 137 Å². The van der Waals surface area contributed by atoms with E-state index in [1.54, 1.807) is 30.3 Å². The van der Waals surface area contributed by atoms with Gasteiger partial charge in [0, 0.05) is 6.54 Å². The molecule has 1 atom stereocenters. The molecule has 0 aromatic heterocycles. The van der Waals surface area contributed by atoms with E-state index in [1.165, 1.54) is 14.2 Å². The summed E-state index contributed by atoms with van der Waals surface area (Å²) >= 11 is 0. The summed E-state index contributed by atoms with van der Waals surface area (Å²) in [5.41, 5.74) is 0.431. The molecule has 1 unspecified atom stereocenters. The van der Waals surface area contributed by atoms with Crippen molar-refractivity contribution in [1.29, 1.82) is 0 Å². The van der Waals surface area contributed by atoms with E-state index in [9.17, 15) is 13.2 Å². The molecule has 2 rings (SSSR count). The first-order valence-electron chi connectivity index (χ1n) is 7.77. The van der Waals surface area contributed by atoms with Crippen LogP contribution in [0.1, 0.15) is 24.8 Å². The maximum Gasteiger partial charge on any atom is 0.333 e. The first-order valence-corrected chi connectivity index (χ1v) is 9.25. The number of hydrogen-bond acceptors (Lipinski definition) is 5. The van der Waals surface area contributed by atoms with Gasteiger partial charge >= 0.3 is 5.97 Å². The summed E-state index contributed by atoms with van der Waals surface area (Å²) in [5, 5.41) is 0. The second-order valence-electron chi connectivity index (χ2n) is 5.69. The maximum absolute atomic E-state index is 12.8. The molecule has 0 aliphatic carbocycles. The number of ether oxygens (including phenoxy) is 1. The van der Waals surface area contributed by atoms with Crippen LogP contribution in [0, 0.1) is 0 Å². The molecule has 128 valence electrons. The van der Waals surface area contributed by atoms with Crippen molar-refractivity contribution in [3.05, 3.63) is 35.9 Å². The number of nitrogens with one attached hydrogen (secondary N) is 1. The second-order valence-corrected chi connectivity index (χ2v) is 7.80. The molecule has 0 radical (unpaired) electrons. The Morgan fingerprint density at radius 1 is 1.26 bits per heavy atom. The van der Waals surface area contributed by atoms with E-state index >= 15 is 0 Å². The summed E-state index contributed by atoms with van der Waals surface area (Å²) in [6.45, 7) is 2.40. The zero-order chi connectivity index (χ0) is 16.9. The number of esters is 1. The summed E-state index contributed by atoms with van der Waals surface area (Å²) in [4.78, 5) is 14.8. The lowest BCUT2D eigenvalue weighted by atomic mass is 9.94. The number of hydrogen-bond donors (Lipinski definition) is 1. The van der Waals surface area contributed by atoms with Crippen LogP contribution in [0.5, 0.6) is 0 Å². The van der Waals surface area contributed by atoms with Gasteiger partial charge in [-0.05, 0) is 45.0 Å². The number of likely N-dealkylation sites (tertiary alicyclic amines) is 1. The monoisotopic (exact) mass is 340 g/mol. The normalized spacial score (nSPS) is 18.5. The molecule has 1 aromatic carbocycles. The lowest BCUT2D eigenvalue weighted by Gasteiger charge is -2.32. The van der Waals surface area contributed by atoms with Gasteiger partial charge in [0.15, 0.2) is 0 Å². The molecule has 1 saturated heterocycles. The van der Waals surface area contributed by atoms with Crippen molar-refractivity contribution in [2.45, 2.75) is 24.0 Å². The fourth-order valence-corrected chi connectivity index (χ4v) is 4.59. The fourth-order valence-electron chi connectivity index (χ4n) is 3.13. The molecule has 7 heteroatoms. The van der Waals surface area contributed by atoms with Crippen LogP contribution in [-0.4, -0.2) is 53.1 Å². The van der Waals surface area contributed by atoms with Crippen LogP contribution < -0.4 is 4.72 Å². The van der Waals surface area contributed by atoms with Gasteiger partial charge in [0.25, 0.3) is 0 Å². The Kier molecular flexibility index (Phi) is 5.78. The van der Waals surface area contributed by atoms with Gasteiger partial charge in [-0.3, -0.25) is 0 Å². The average molecular weight is 340 g/mol. The number of sulfonamides is 1. The Bertz CT molecular complexity index is 627. The summed E-state index contributed by atoms with van der Waals surface area (Å²) in [6, 6.07) is 8.58. The van der Waals surface area contributed by atoms with Crippen molar-refractivity contribution in [3.8, 4) is 0 Å². The Morgan fingerprint density at radius 3 is 2.39 bits per heavy atom. The number of carbonyl (C=O) groups is 1. The fraction of sp³-hybridized carbons (Fsp3) is 0.562. The van der Waals surface area contributed by atoms with Crippen LogP contribution in [0.3, 0.4) is 0 Å². The van der Waals surface area contributed by atoms with Gasteiger partial charge in [-0.25, -0.2) is 17.9 Å². The summed E-state index contributed by atoms with van der Waals surface area (Å²) in [5.74, 6) is -0.753. The number of nitrogens with zero attached hydrogens (tertiary/aromatic N) is 1. The lowest BCUT2D eigenvalue weighted by Crippen LogP contribution is -2.51. The van der Waals surface area contributed by atoms with Crippen molar-refractivity contribution in [2.75, 3.05) is 33.8 Å². The molecule has 1 aliphatic heterocycles. The highest BCUT2D eigenvalue weighted by Gasteiger charge is 2.52. The summed E-state index contributed by atoms with van der Waals surface area (Å²) in [7, 11) is -1.38. The molecule has 0 spiro atoms. The summed E-state index contributed by atoms with van der Waals surface area (Å²) < 4.78 is 31.1. The molecular formula is C16H24N2O4S. The molecular weight excluding hydrogens is 316 g/mol. The predicted molar refractivity (Wildman–Crippen MR) is 88.4 cm³/mol. The van der Waals surface area contributed by atoms with Gasteiger partial charge in [0.05, 0.1) is 7.11 Å².